The molecule has 163 valence electrons. The molecule has 0 aliphatic heterocycles. The van der Waals surface area contributed by atoms with E-state index in [0.29, 0.717) is 18.2 Å². The van der Waals surface area contributed by atoms with Crippen LogP contribution in [0.4, 0.5) is 11.4 Å². The fourth-order valence-electron chi connectivity index (χ4n) is 4.10. The molecule has 2 N–H and O–H groups in total. The van der Waals surface area contributed by atoms with Gasteiger partial charge in [-0.05, 0) is 48.7 Å². The van der Waals surface area contributed by atoms with Crippen molar-refractivity contribution in [2.45, 2.75) is 51.6 Å². The van der Waals surface area contributed by atoms with Gasteiger partial charge in [-0.2, -0.15) is 0 Å². The van der Waals surface area contributed by atoms with E-state index in [4.69, 9.17) is 4.74 Å². The average Bonchev–Trinajstić information content (AvgIpc) is 2.85. The summed E-state index contributed by atoms with van der Waals surface area (Å²) in [6.07, 6.45) is 6.12. The molecular formula is C27H30BN2O2. The zero-order valence-electron chi connectivity index (χ0n) is 18.6. The highest BCUT2D eigenvalue weighted by Crippen LogP contribution is 2.25. The van der Waals surface area contributed by atoms with Gasteiger partial charge >= 0.3 is 0 Å². The number of nitrogens with one attached hydrogen (secondary N) is 2. The van der Waals surface area contributed by atoms with Crippen molar-refractivity contribution in [1.82, 2.24) is 0 Å². The lowest BCUT2D eigenvalue weighted by atomic mass is 9.73. The summed E-state index contributed by atoms with van der Waals surface area (Å²) in [4.78, 5) is 13.1. The van der Waals surface area contributed by atoms with E-state index in [1.54, 1.807) is 0 Å². The number of carbonyl (C=O) groups is 1. The Morgan fingerprint density at radius 3 is 2.44 bits per heavy atom. The summed E-state index contributed by atoms with van der Waals surface area (Å²) < 4.78 is 5.84. The van der Waals surface area contributed by atoms with Crippen LogP contribution >= 0.6 is 0 Å². The van der Waals surface area contributed by atoms with Crippen LogP contribution in [-0.2, 0) is 6.61 Å². The van der Waals surface area contributed by atoms with Crippen LogP contribution in [0.2, 0.25) is 6.82 Å². The van der Waals surface area contributed by atoms with Crippen molar-refractivity contribution in [2.75, 3.05) is 10.6 Å². The second-order valence-electron chi connectivity index (χ2n) is 8.33. The molecule has 32 heavy (non-hydrogen) atoms. The molecule has 0 aromatic heterocycles. The fraction of sp³-hybridized carbons (Fsp3) is 0.296. The smallest absolute Gasteiger partial charge is 0.257 e. The second kappa shape index (κ2) is 10.9. The lowest BCUT2D eigenvalue weighted by molar-refractivity contribution is 0.102. The highest BCUT2D eigenvalue weighted by molar-refractivity contribution is 6.52. The Morgan fingerprint density at radius 2 is 1.72 bits per heavy atom. The van der Waals surface area contributed by atoms with Crippen LogP contribution in [0.15, 0.2) is 72.8 Å². The molecule has 0 saturated heterocycles. The molecule has 1 saturated carbocycles. The van der Waals surface area contributed by atoms with Crippen molar-refractivity contribution < 1.29 is 9.53 Å². The van der Waals surface area contributed by atoms with Crippen molar-refractivity contribution in [3.05, 3.63) is 83.9 Å². The Balaban J connectivity index is 1.42. The first-order chi connectivity index (χ1) is 15.7. The summed E-state index contributed by atoms with van der Waals surface area (Å²) in [5.74, 6) is 0.666. The molecule has 1 aliphatic carbocycles. The van der Waals surface area contributed by atoms with Crippen molar-refractivity contribution in [3.63, 3.8) is 0 Å². The van der Waals surface area contributed by atoms with Crippen molar-refractivity contribution in [3.8, 4) is 5.75 Å². The van der Waals surface area contributed by atoms with E-state index >= 15 is 0 Å². The number of hydrogen-bond acceptors (Lipinski definition) is 3. The molecule has 0 unspecified atom stereocenters. The van der Waals surface area contributed by atoms with Crippen LogP contribution in [0.25, 0.3) is 0 Å². The highest BCUT2D eigenvalue weighted by Gasteiger charge is 2.18. The third-order valence-electron chi connectivity index (χ3n) is 5.95. The molecule has 5 heteroatoms. The molecule has 1 amide bonds. The van der Waals surface area contributed by atoms with Crippen molar-refractivity contribution in [2.24, 2.45) is 0 Å². The van der Waals surface area contributed by atoms with Gasteiger partial charge in [0.05, 0.1) is 5.56 Å². The number of ether oxygens (including phenoxy) is 1. The van der Waals surface area contributed by atoms with Gasteiger partial charge in [0.15, 0.2) is 0 Å². The Bertz CT molecular complexity index is 1020. The van der Waals surface area contributed by atoms with Gasteiger partial charge in [0.2, 0.25) is 0 Å². The monoisotopic (exact) mass is 425 g/mol. The molecule has 4 nitrogen and oxygen atoms in total. The Morgan fingerprint density at radius 1 is 0.969 bits per heavy atom. The summed E-state index contributed by atoms with van der Waals surface area (Å²) in [6.45, 7) is 2.50. The number of hydrogen-bond donors (Lipinski definition) is 2. The molecule has 0 heterocycles. The highest BCUT2D eigenvalue weighted by atomic mass is 16.5. The van der Waals surface area contributed by atoms with Crippen LogP contribution in [0.3, 0.4) is 0 Å². The third-order valence-corrected chi connectivity index (χ3v) is 5.95. The minimum Gasteiger partial charge on any atom is -0.489 e. The third kappa shape index (κ3) is 5.94. The van der Waals surface area contributed by atoms with Crippen LogP contribution < -0.4 is 20.8 Å². The molecule has 0 bridgehead atoms. The van der Waals surface area contributed by atoms with E-state index in [9.17, 15) is 4.79 Å². The van der Waals surface area contributed by atoms with Gasteiger partial charge in [-0.15, -0.1) is 0 Å². The van der Waals surface area contributed by atoms with E-state index in [1.165, 1.54) is 19.3 Å². The van der Waals surface area contributed by atoms with Gasteiger partial charge in [0, 0.05) is 17.4 Å². The van der Waals surface area contributed by atoms with E-state index < -0.39 is 0 Å². The number of carbonyl (C=O) groups excluding carboxylic acids is 1. The van der Waals surface area contributed by atoms with E-state index in [-0.39, 0.29) is 5.91 Å². The minimum atomic E-state index is -0.107. The zero-order chi connectivity index (χ0) is 22.2. The number of rotatable bonds is 8. The summed E-state index contributed by atoms with van der Waals surface area (Å²) in [5.41, 5.74) is 4.49. The first kappa shape index (κ1) is 22.0. The average molecular weight is 425 g/mol. The Kier molecular flexibility index (Phi) is 7.49. The molecule has 1 aliphatic rings. The van der Waals surface area contributed by atoms with Crippen LogP contribution in [-0.4, -0.2) is 19.2 Å². The predicted molar refractivity (Wildman–Crippen MR) is 133 cm³/mol. The van der Waals surface area contributed by atoms with Gasteiger partial charge in [0.25, 0.3) is 5.91 Å². The molecule has 1 fully saturated rings. The van der Waals surface area contributed by atoms with Gasteiger partial charge < -0.3 is 15.4 Å². The Hall–Kier alpha value is -3.21. The lowest BCUT2D eigenvalue weighted by Gasteiger charge is -2.25. The lowest BCUT2D eigenvalue weighted by Crippen LogP contribution is -2.26. The SMILES string of the molecule is C[B]c1ccc(NC2CCCCC2)c(C(=O)Nc2ccc(OCc3ccccc3)cc2)c1. The molecule has 0 atom stereocenters. The standard InChI is InChI=1S/C27H30BN2O2/c1-28-21-12-17-26(29-22-10-6-3-7-11-22)25(18-21)27(31)30-23-13-15-24(16-14-23)32-19-20-8-4-2-5-9-20/h2,4-5,8-9,12-18,22,29H,3,6-7,10-11,19H2,1H3,(H,30,31). The summed E-state index contributed by atoms with van der Waals surface area (Å²) >= 11 is 0. The van der Waals surface area contributed by atoms with Crippen molar-refractivity contribution >= 4 is 30.0 Å². The van der Waals surface area contributed by atoms with E-state index in [0.717, 1.165) is 41.0 Å². The Labute approximate surface area is 191 Å². The van der Waals surface area contributed by atoms with Gasteiger partial charge in [-0.1, -0.05) is 74.0 Å². The number of benzene rings is 3. The first-order valence-corrected chi connectivity index (χ1v) is 11.5. The van der Waals surface area contributed by atoms with E-state index in [2.05, 4.69) is 16.7 Å². The largest absolute Gasteiger partial charge is 0.489 e. The summed E-state index contributed by atoms with van der Waals surface area (Å²) in [7, 11) is 2.01. The summed E-state index contributed by atoms with van der Waals surface area (Å²) in [5, 5.41) is 6.65. The van der Waals surface area contributed by atoms with Gasteiger partial charge in [-0.25, -0.2) is 0 Å². The molecule has 3 aromatic rings. The van der Waals surface area contributed by atoms with Crippen molar-refractivity contribution in [1.29, 1.82) is 0 Å². The topological polar surface area (TPSA) is 50.4 Å². The molecule has 0 spiro atoms. The molecule has 1 radical (unpaired) electrons. The normalized spacial score (nSPS) is 13.9. The number of anilines is 2. The quantitative estimate of drug-likeness (QED) is 0.459. The van der Waals surface area contributed by atoms with E-state index in [1.807, 2.05) is 80.8 Å². The maximum Gasteiger partial charge on any atom is 0.257 e. The molecule has 3 aromatic carbocycles. The number of amides is 1. The molecule has 4 rings (SSSR count). The fourth-order valence-corrected chi connectivity index (χ4v) is 4.10. The van der Waals surface area contributed by atoms with Crippen LogP contribution in [0, 0.1) is 0 Å². The van der Waals surface area contributed by atoms with Crippen LogP contribution in [0.5, 0.6) is 5.75 Å². The zero-order valence-corrected chi connectivity index (χ0v) is 18.6. The maximum atomic E-state index is 13.1. The minimum absolute atomic E-state index is 0.107. The summed E-state index contributed by atoms with van der Waals surface area (Å²) in [6, 6.07) is 24.1. The van der Waals surface area contributed by atoms with Gasteiger partial charge in [-0.3, -0.25) is 4.79 Å². The van der Waals surface area contributed by atoms with Crippen LogP contribution in [0.1, 0.15) is 48.0 Å². The predicted octanol–water partition coefficient (Wildman–Crippen LogP) is 5.64. The second-order valence-corrected chi connectivity index (χ2v) is 8.33. The maximum absolute atomic E-state index is 13.1. The first-order valence-electron chi connectivity index (χ1n) is 11.5. The molecular weight excluding hydrogens is 395 g/mol. The van der Waals surface area contributed by atoms with Gasteiger partial charge in [0.1, 0.15) is 19.6 Å².